The molecule has 0 bridgehead atoms. The van der Waals surface area contributed by atoms with E-state index >= 15 is 0 Å². The molecule has 7 heteroatoms. The van der Waals surface area contributed by atoms with E-state index in [0.29, 0.717) is 37.0 Å². The molecule has 0 unspecified atom stereocenters. The average molecular weight is 394 g/mol. The fourth-order valence-electron chi connectivity index (χ4n) is 2.80. The summed E-state index contributed by atoms with van der Waals surface area (Å²) < 4.78 is 18.6. The van der Waals surface area contributed by atoms with Gasteiger partial charge >= 0.3 is 0 Å². The second-order valence-electron chi connectivity index (χ2n) is 6.37. The number of ether oxygens (including phenoxy) is 1. The Morgan fingerprint density at radius 2 is 1.86 bits per heavy atom. The van der Waals surface area contributed by atoms with Crippen LogP contribution in [0.2, 0.25) is 0 Å². The Bertz CT molecular complexity index is 977. The van der Waals surface area contributed by atoms with Gasteiger partial charge in [0.25, 0.3) is 5.91 Å². The average Bonchev–Trinajstić information content (AvgIpc) is 2.70. The van der Waals surface area contributed by atoms with Crippen molar-refractivity contribution in [3.63, 3.8) is 0 Å². The van der Waals surface area contributed by atoms with Crippen LogP contribution in [0.15, 0.2) is 54.6 Å². The lowest BCUT2D eigenvalue weighted by Crippen LogP contribution is -2.27. The molecular weight excluding hydrogens is 371 g/mol. The van der Waals surface area contributed by atoms with Crippen molar-refractivity contribution in [3.8, 4) is 5.75 Å². The van der Waals surface area contributed by atoms with Crippen LogP contribution in [0.1, 0.15) is 28.8 Å². The number of nitrogens with one attached hydrogen (secondary N) is 2. The van der Waals surface area contributed by atoms with E-state index in [4.69, 9.17) is 4.74 Å². The summed E-state index contributed by atoms with van der Waals surface area (Å²) in [5.74, 6) is 1.12. The first-order valence-corrected chi connectivity index (χ1v) is 9.42. The van der Waals surface area contributed by atoms with Crippen LogP contribution in [0.3, 0.4) is 0 Å². The molecule has 29 heavy (non-hydrogen) atoms. The molecule has 1 heterocycles. The predicted molar refractivity (Wildman–Crippen MR) is 110 cm³/mol. The number of hydrogen-bond donors (Lipinski definition) is 2. The third-order valence-electron chi connectivity index (χ3n) is 4.13. The van der Waals surface area contributed by atoms with E-state index < -0.39 is 0 Å². The molecule has 1 aromatic heterocycles. The largest absolute Gasteiger partial charge is 0.492 e. The van der Waals surface area contributed by atoms with Gasteiger partial charge in [0.2, 0.25) is 0 Å². The van der Waals surface area contributed by atoms with E-state index in [-0.39, 0.29) is 17.4 Å². The Morgan fingerprint density at radius 1 is 1.10 bits per heavy atom. The Morgan fingerprint density at radius 3 is 2.62 bits per heavy atom. The quantitative estimate of drug-likeness (QED) is 0.603. The standard InChI is InChI=1S/C22H23FN4O2/c1-3-29-20-7-5-4-6-18(20)27-21-14-19(25-15(2)26-21)22(28)24-13-12-16-8-10-17(23)11-9-16/h4-11,14H,3,12-13H2,1-2H3,(H,24,28)(H,25,26,27). The normalized spacial score (nSPS) is 10.4. The number of halogens is 1. The summed E-state index contributed by atoms with van der Waals surface area (Å²) >= 11 is 0. The van der Waals surface area contributed by atoms with Crippen molar-refractivity contribution < 1.29 is 13.9 Å². The van der Waals surface area contributed by atoms with Crippen LogP contribution in [0.5, 0.6) is 5.75 Å². The van der Waals surface area contributed by atoms with Gasteiger partial charge < -0.3 is 15.4 Å². The van der Waals surface area contributed by atoms with Gasteiger partial charge in [-0.1, -0.05) is 24.3 Å². The molecular formula is C22H23FN4O2. The van der Waals surface area contributed by atoms with Crippen LogP contribution >= 0.6 is 0 Å². The number of anilines is 2. The molecule has 2 N–H and O–H groups in total. The fraction of sp³-hybridized carbons (Fsp3) is 0.227. The van der Waals surface area contributed by atoms with Gasteiger partial charge in [-0.3, -0.25) is 4.79 Å². The Balaban J connectivity index is 1.66. The molecule has 0 radical (unpaired) electrons. The summed E-state index contributed by atoms with van der Waals surface area (Å²) in [5.41, 5.74) is 1.98. The first kappa shape index (κ1) is 20.3. The lowest BCUT2D eigenvalue weighted by molar-refractivity contribution is 0.0949. The number of hydrogen-bond acceptors (Lipinski definition) is 5. The number of aromatic nitrogens is 2. The van der Waals surface area contributed by atoms with Gasteiger partial charge in [-0.2, -0.15) is 0 Å². The first-order chi connectivity index (χ1) is 14.0. The highest BCUT2D eigenvalue weighted by Gasteiger charge is 2.12. The van der Waals surface area contributed by atoms with Gasteiger partial charge in [-0.15, -0.1) is 0 Å². The molecule has 1 amide bonds. The van der Waals surface area contributed by atoms with E-state index in [1.165, 1.54) is 12.1 Å². The van der Waals surface area contributed by atoms with Crippen molar-refractivity contribution in [1.29, 1.82) is 0 Å². The van der Waals surface area contributed by atoms with Crippen LogP contribution in [0.4, 0.5) is 15.9 Å². The summed E-state index contributed by atoms with van der Waals surface area (Å²) in [7, 11) is 0. The Hall–Kier alpha value is -3.48. The van der Waals surface area contributed by atoms with Crippen LogP contribution in [-0.4, -0.2) is 29.0 Å². The molecule has 0 aliphatic heterocycles. The second kappa shape index (κ2) is 9.64. The van der Waals surface area contributed by atoms with Gasteiger partial charge in [0.05, 0.1) is 12.3 Å². The topological polar surface area (TPSA) is 76.1 Å². The molecule has 6 nitrogen and oxygen atoms in total. The van der Waals surface area contributed by atoms with E-state index in [9.17, 15) is 9.18 Å². The van der Waals surface area contributed by atoms with Crippen molar-refractivity contribution in [1.82, 2.24) is 15.3 Å². The smallest absolute Gasteiger partial charge is 0.270 e. The molecule has 0 fully saturated rings. The van der Waals surface area contributed by atoms with Crippen LogP contribution in [0, 0.1) is 12.7 Å². The molecule has 3 rings (SSSR count). The molecule has 0 saturated carbocycles. The van der Waals surface area contributed by atoms with Gasteiger partial charge in [0.15, 0.2) is 0 Å². The Kier molecular flexibility index (Phi) is 6.73. The number of benzene rings is 2. The van der Waals surface area contributed by atoms with E-state index in [0.717, 1.165) is 11.3 Å². The van der Waals surface area contributed by atoms with Crippen LogP contribution in [0.25, 0.3) is 0 Å². The molecule has 2 aromatic carbocycles. The molecule has 0 aliphatic carbocycles. The third kappa shape index (κ3) is 5.75. The molecule has 0 atom stereocenters. The zero-order chi connectivity index (χ0) is 20.6. The van der Waals surface area contributed by atoms with Gasteiger partial charge in [0.1, 0.15) is 28.9 Å². The highest BCUT2D eigenvalue weighted by Crippen LogP contribution is 2.26. The minimum atomic E-state index is -0.293. The van der Waals surface area contributed by atoms with E-state index in [1.807, 2.05) is 31.2 Å². The van der Waals surface area contributed by atoms with Crippen molar-refractivity contribution in [2.24, 2.45) is 0 Å². The van der Waals surface area contributed by atoms with Crippen LogP contribution in [-0.2, 0) is 6.42 Å². The summed E-state index contributed by atoms with van der Waals surface area (Å²) in [4.78, 5) is 21.1. The van der Waals surface area contributed by atoms with Gasteiger partial charge in [-0.05, 0) is 50.1 Å². The molecule has 0 aliphatic rings. The van der Waals surface area contributed by atoms with Crippen molar-refractivity contribution in [2.75, 3.05) is 18.5 Å². The number of aryl methyl sites for hydroxylation is 1. The molecule has 0 spiro atoms. The maximum Gasteiger partial charge on any atom is 0.270 e. The lowest BCUT2D eigenvalue weighted by Gasteiger charge is -2.13. The summed E-state index contributed by atoms with van der Waals surface area (Å²) in [6.45, 7) is 4.61. The lowest BCUT2D eigenvalue weighted by atomic mass is 10.1. The van der Waals surface area contributed by atoms with Crippen LogP contribution < -0.4 is 15.4 Å². The summed E-state index contributed by atoms with van der Waals surface area (Å²) in [5, 5.41) is 6.03. The maximum absolute atomic E-state index is 13.0. The minimum absolute atomic E-state index is 0.271. The second-order valence-corrected chi connectivity index (χ2v) is 6.37. The zero-order valence-corrected chi connectivity index (χ0v) is 16.4. The van der Waals surface area contributed by atoms with Crippen molar-refractivity contribution >= 4 is 17.4 Å². The maximum atomic E-state index is 13.0. The highest BCUT2D eigenvalue weighted by atomic mass is 19.1. The van der Waals surface area contributed by atoms with E-state index in [1.54, 1.807) is 25.1 Å². The zero-order valence-electron chi connectivity index (χ0n) is 16.4. The van der Waals surface area contributed by atoms with Crippen molar-refractivity contribution in [3.05, 3.63) is 77.5 Å². The number of carbonyl (C=O) groups is 1. The number of carbonyl (C=O) groups excluding carboxylic acids is 1. The highest BCUT2D eigenvalue weighted by molar-refractivity contribution is 5.93. The molecule has 3 aromatic rings. The number of para-hydroxylation sites is 2. The van der Waals surface area contributed by atoms with Gasteiger partial charge in [0, 0.05) is 12.6 Å². The summed E-state index contributed by atoms with van der Waals surface area (Å²) in [6.07, 6.45) is 0.600. The molecule has 0 saturated heterocycles. The third-order valence-corrected chi connectivity index (χ3v) is 4.13. The first-order valence-electron chi connectivity index (χ1n) is 9.42. The number of rotatable bonds is 8. The SMILES string of the molecule is CCOc1ccccc1Nc1cc(C(=O)NCCc2ccc(F)cc2)nc(C)n1. The Labute approximate surface area is 169 Å². The van der Waals surface area contributed by atoms with E-state index in [2.05, 4.69) is 20.6 Å². The fourth-order valence-corrected chi connectivity index (χ4v) is 2.80. The van der Waals surface area contributed by atoms with Crippen molar-refractivity contribution in [2.45, 2.75) is 20.3 Å². The monoisotopic (exact) mass is 394 g/mol. The van der Waals surface area contributed by atoms with Gasteiger partial charge in [-0.25, -0.2) is 14.4 Å². The molecule has 150 valence electrons. The summed E-state index contributed by atoms with van der Waals surface area (Å²) in [6, 6.07) is 15.3. The minimum Gasteiger partial charge on any atom is -0.492 e. The number of amides is 1. The predicted octanol–water partition coefficient (Wildman–Crippen LogP) is 4.04. The number of nitrogens with zero attached hydrogens (tertiary/aromatic N) is 2.